The number of aromatic nitrogens is 2. The fourth-order valence-corrected chi connectivity index (χ4v) is 2.98. The van der Waals surface area contributed by atoms with Crippen LogP contribution in [0.4, 0.5) is 17.6 Å². The highest BCUT2D eigenvalue weighted by molar-refractivity contribution is 6.02. The number of aryl methyl sites for hydroxylation is 2. The van der Waals surface area contributed by atoms with E-state index in [-0.39, 0.29) is 16.8 Å². The smallest absolute Gasteiger partial charge is 0.282 e. The monoisotopic (exact) mass is 377 g/mol. The van der Waals surface area contributed by atoms with Crippen LogP contribution >= 0.6 is 0 Å². The summed E-state index contributed by atoms with van der Waals surface area (Å²) in [6.07, 6.45) is -3.10. The highest BCUT2D eigenvalue weighted by Gasteiger charge is 2.31. The molecule has 0 aliphatic heterocycles. The highest BCUT2D eigenvalue weighted by Crippen LogP contribution is 2.39. The molecule has 0 spiro atoms. The number of carbonyl (C=O) groups is 1. The van der Waals surface area contributed by atoms with E-state index in [1.807, 2.05) is 6.92 Å². The van der Waals surface area contributed by atoms with E-state index in [2.05, 4.69) is 5.10 Å². The first-order chi connectivity index (χ1) is 12.7. The molecule has 0 radical (unpaired) electrons. The van der Waals surface area contributed by atoms with Crippen molar-refractivity contribution in [2.24, 2.45) is 12.8 Å². The van der Waals surface area contributed by atoms with E-state index in [0.717, 1.165) is 16.3 Å². The minimum atomic E-state index is -3.10. The number of carbonyl (C=O) groups excluding carboxylic acids is 1. The van der Waals surface area contributed by atoms with Gasteiger partial charge in [-0.15, -0.1) is 0 Å². The van der Waals surface area contributed by atoms with Crippen LogP contribution in [0.15, 0.2) is 36.4 Å². The van der Waals surface area contributed by atoms with Crippen molar-refractivity contribution in [3.8, 4) is 22.4 Å². The lowest BCUT2D eigenvalue weighted by Crippen LogP contribution is -2.15. The second-order valence-corrected chi connectivity index (χ2v) is 6.05. The van der Waals surface area contributed by atoms with Crippen molar-refractivity contribution in [2.45, 2.75) is 13.3 Å². The zero-order valence-corrected chi connectivity index (χ0v) is 14.4. The van der Waals surface area contributed by atoms with E-state index in [9.17, 15) is 22.4 Å². The molecule has 4 nitrogen and oxygen atoms in total. The van der Waals surface area contributed by atoms with Gasteiger partial charge in [0.1, 0.15) is 5.69 Å². The molecule has 8 heteroatoms. The molecule has 0 atom stereocenters. The number of rotatable bonds is 4. The van der Waals surface area contributed by atoms with Crippen LogP contribution in [-0.2, 0) is 7.05 Å². The van der Waals surface area contributed by atoms with Gasteiger partial charge in [0.2, 0.25) is 0 Å². The molecule has 27 heavy (non-hydrogen) atoms. The molecule has 0 saturated carbocycles. The Morgan fingerprint density at radius 1 is 1.11 bits per heavy atom. The van der Waals surface area contributed by atoms with Gasteiger partial charge < -0.3 is 5.73 Å². The normalized spacial score (nSPS) is 11.2. The van der Waals surface area contributed by atoms with Crippen LogP contribution in [0, 0.1) is 18.6 Å². The molecule has 0 bridgehead atoms. The Bertz CT molecular complexity index is 1030. The molecular weight excluding hydrogens is 362 g/mol. The highest BCUT2D eigenvalue weighted by atomic mass is 19.3. The number of primary amides is 1. The lowest BCUT2D eigenvalue weighted by molar-refractivity contribution is 0.0985. The number of alkyl halides is 2. The van der Waals surface area contributed by atoms with E-state index in [0.29, 0.717) is 5.56 Å². The minimum Gasteiger partial charge on any atom is -0.365 e. The Hall–Kier alpha value is -3.16. The second-order valence-electron chi connectivity index (χ2n) is 6.05. The van der Waals surface area contributed by atoms with Gasteiger partial charge in [0.15, 0.2) is 11.6 Å². The van der Waals surface area contributed by atoms with Gasteiger partial charge >= 0.3 is 0 Å². The summed E-state index contributed by atoms with van der Waals surface area (Å²) < 4.78 is 56.3. The Morgan fingerprint density at radius 2 is 1.74 bits per heavy atom. The van der Waals surface area contributed by atoms with Gasteiger partial charge in [-0.1, -0.05) is 35.9 Å². The predicted molar refractivity (Wildman–Crippen MR) is 92.2 cm³/mol. The van der Waals surface area contributed by atoms with E-state index >= 15 is 0 Å². The van der Waals surface area contributed by atoms with Crippen molar-refractivity contribution < 1.29 is 22.4 Å². The number of nitrogens with zero attached hydrogens (tertiary/aromatic N) is 2. The summed E-state index contributed by atoms with van der Waals surface area (Å²) in [6, 6.07) is 9.15. The first-order valence-corrected chi connectivity index (χ1v) is 7.92. The van der Waals surface area contributed by atoms with Crippen molar-refractivity contribution in [2.75, 3.05) is 0 Å². The van der Waals surface area contributed by atoms with Crippen LogP contribution in [0.3, 0.4) is 0 Å². The largest absolute Gasteiger partial charge is 0.365 e. The molecule has 0 fully saturated rings. The average Bonchev–Trinajstić information content (AvgIpc) is 2.95. The van der Waals surface area contributed by atoms with Gasteiger partial charge in [0.05, 0.1) is 11.3 Å². The molecule has 1 aromatic heterocycles. The van der Waals surface area contributed by atoms with Crippen LogP contribution < -0.4 is 5.73 Å². The second kappa shape index (κ2) is 6.86. The molecule has 2 N–H and O–H groups in total. The van der Waals surface area contributed by atoms with Gasteiger partial charge in [-0.05, 0) is 24.1 Å². The number of hydrogen-bond donors (Lipinski definition) is 1. The third kappa shape index (κ3) is 3.18. The van der Waals surface area contributed by atoms with Crippen LogP contribution in [0.25, 0.3) is 22.4 Å². The van der Waals surface area contributed by atoms with E-state index in [1.165, 1.54) is 13.1 Å². The minimum absolute atomic E-state index is 0.222. The standard InChI is InChI=1S/C19H15F4N3O/c1-9-3-5-10(6-4-9)11-7-8-12(20)15(21)13(11)17-14(19(24)27)16(18(22)23)25-26(17)2/h3-8,18H,1-2H3,(H2,24,27). The summed E-state index contributed by atoms with van der Waals surface area (Å²) in [5, 5.41) is 3.60. The number of amides is 1. The zero-order valence-electron chi connectivity index (χ0n) is 14.4. The van der Waals surface area contributed by atoms with E-state index < -0.39 is 35.2 Å². The van der Waals surface area contributed by atoms with Gasteiger partial charge in [0.25, 0.3) is 12.3 Å². The topological polar surface area (TPSA) is 60.9 Å². The third-order valence-corrected chi connectivity index (χ3v) is 4.22. The first kappa shape index (κ1) is 18.6. The van der Waals surface area contributed by atoms with Gasteiger partial charge in [-0.3, -0.25) is 9.48 Å². The maximum absolute atomic E-state index is 14.8. The van der Waals surface area contributed by atoms with Crippen LogP contribution in [0.5, 0.6) is 0 Å². The molecule has 0 aliphatic carbocycles. The van der Waals surface area contributed by atoms with E-state index in [4.69, 9.17) is 5.73 Å². The third-order valence-electron chi connectivity index (χ3n) is 4.22. The molecule has 0 saturated heterocycles. The van der Waals surface area contributed by atoms with Crippen molar-refractivity contribution in [3.63, 3.8) is 0 Å². The number of halogens is 4. The Morgan fingerprint density at radius 3 is 2.30 bits per heavy atom. The zero-order chi connectivity index (χ0) is 19.9. The molecule has 3 aromatic rings. The molecular formula is C19H15F4N3O. The fourth-order valence-electron chi connectivity index (χ4n) is 2.98. The molecule has 140 valence electrons. The maximum Gasteiger partial charge on any atom is 0.282 e. The summed E-state index contributed by atoms with van der Waals surface area (Å²) >= 11 is 0. The first-order valence-electron chi connectivity index (χ1n) is 7.92. The van der Waals surface area contributed by atoms with E-state index in [1.54, 1.807) is 24.3 Å². The number of nitrogens with two attached hydrogens (primary N) is 1. The number of hydrogen-bond acceptors (Lipinski definition) is 2. The Kier molecular flexibility index (Phi) is 4.73. The van der Waals surface area contributed by atoms with Crippen molar-refractivity contribution >= 4 is 5.91 Å². The summed E-state index contributed by atoms with van der Waals surface area (Å²) in [5.41, 5.74) is 4.78. The molecule has 1 amide bonds. The molecule has 0 aliphatic rings. The summed E-state index contributed by atoms with van der Waals surface area (Å²) in [5.74, 6) is -3.66. The molecule has 2 aromatic carbocycles. The number of benzene rings is 2. The Balaban J connectivity index is 2.40. The summed E-state index contributed by atoms with van der Waals surface area (Å²) in [7, 11) is 1.26. The molecule has 1 heterocycles. The lowest BCUT2D eigenvalue weighted by atomic mass is 9.93. The van der Waals surface area contributed by atoms with Gasteiger partial charge in [0, 0.05) is 12.6 Å². The average molecular weight is 377 g/mol. The van der Waals surface area contributed by atoms with Crippen molar-refractivity contribution in [3.05, 3.63) is 64.9 Å². The van der Waals surface area contributed by atoms with Gasteiger partial charge in [-0.25, -0.2) is 17.6 Å². The fraction of sp³-hybridized carbons (Fsp3) is 0.158. The van der Waals surface area contributed by atoms with Crippen LogP contribution in [0.2, 0.25) is 0 Å². The van der Waals surface area contributed by atoms with Crippen LogP contribution in [-0.4, -0.2) is 15.7 Å². The quantitative estimate of drug-likeness (QED) is 0.686. The molecule has 3 rings (SSSR count). The summed E-state index contributed by atoms with van der Waals surface area (Å²) in [4.78, 5) is 11.8. The molecule has 0 unspecified atom stereocenters. The van der Waals surface area contributed by atoms with Crippen molar-refractivity contribution in [1.29, 1.82) is 0 Å². The van der Waals surface area contributed by atoms with Crippen LogP contribution in [0.1, 0.15) is 28.0 Å². The summed E-state index contributed by atoms with van der Waals surface area (Å²) in [6.45, 7) is 1.86. The lowest BCUT2D eigenvalue weighted by Gasteiger charge is -2.14. The Labute approximate surface area is 152 Å². The maximum atomic E-state index is 14.8. The SMILES string of the molecule is Cc1ccc(-c2ccc(F)c(F)c2-c2c(C(N)=O)c(C(F)F)nn2C)cc1. The van der Waals surface area contributed by atoms with Gasteiger partial charge in [-0.2, -0.15) is 5.10 Å². The predicted octanol–water partition coefficient (Wildman–Crippen LogP) is 4.38. The van der Waals surface area contributed by atoms with Crippen molar-refractivity contribution in [1.82, 2.24) is 9.78 Å².